The number of sulfonamides is 1. The standard InChI is InChI=1S/C15H21N3O4S/c1-11(15(20)18-9-3-4-10-18)17-23(21,22)14-7-5-13(6-8-14)16-12(2)19/h5-8,11,17H,3-4,9-10H2,1-2H3,(H,16,19)/t11-/m0/s1. The number of hydrogen-bond acceptors (Lipinski definition) is 4. The molecule has 0 radical (unpaired) electrons. The van der Waals surface area contributed by atoms with Crippen LogP contribution >= 0.6 is 0 Å². The zero-order valence-corrected chi connectivity index (χ0v) is 14.0. The minimum atomic E-state index is -3.79. The molecule has 2 N–H and O–H groups in total. The fourth-order valence-corrected chi connectivity index (χ4v) is 3.68. The minimum absolute atomic E-state index is 0.0488. The van der Waals surface area contributed by atoms with E-state index in [1.54, 1.807) is 11.8 Å². The minimum Gasteiger partial charge on any atom is -0.341 e. The Morgan fingerprint density at radius 1 is 1.13 bits per heavy atom. The summed E-state index contributed by atoms with van der Waals surface area (Å²) in [7, 11) is -3.79. The highest BCUT2D eigenvalue weighted by molar-refractivity contribution is 7.89. The van der Waals surface area contributed by atoms with E-state index < -0.39 is 16.1 Å². The lowest BCUT2D eigenvalue weighted by Crippen LogP contribution is -2.45. The fraction of sp³-hybridized carbons (Fsp3) is 0.467. The molecule has 1 heterocycles. The lowest BCUT2D eigenvalue weighted by Gasteiger charge is -2.21. The molecule has 0 saturated carbocycles. The van der Waals surface area contributed by atoms with Crippen LogP contribution in [0.1, 0.15) is 26.7 Å². The van der Waals surface area contributed by atoms with E-state index in [0.29, 0.717) is 18.8 Å². The first kappa shape index (κ1) is 17.4. The van der Waals surface area contributed by atoms with Crippen LogP contribution in [-0.4, -0.2) is 44.3 Å². The number of rotatable bonds is 5. The molecule has 2 amide bonds. The van der Waals surface area contributed by atoms with E-state index in [4.69, 9.17) is 0 Å². The van der Waals surface area contributed by atoms with Crippen molar-refractivity contribution >= 4 is 27.5 Å². The van der Waals surface area contributed by atoms with Crippen LogP contribution < -0.4 is 10.0 Å². The molecule has 1 fully saturated rings. The van der Waals surface area contributed by atoms with E-state index in [1.807, 2.05) is 0 Å². The molecule has 8 heteroatoms. The van der Waals surface area contributed by atoms with Gasteiger partial charge in [-0.25, -0.2) is 8.42 Å². The number of anilines is 1. The van der Waals surface area contributed by atoms with Crippen LogP contribution in [0.15, 0.2) is 29.2 Å². The van der Waals surface area contributed by atoms with Gasteiger partial charge >= 0.3 is 0 Å². The first-order chi connectivity index (χ1) is 10.8. The lowest BCUT2D eigenvalue weighted by atomic mass is 10.3. The second kappa shape index (κ2) is 7.10. The average molecular weight is 339 g/mol. The summed E-state index contributed by atoms with van der Waals surface area (Å²) in [5.74, 6) is -0.440. The van der Waals surface area contributed by atoms with Gasteiger partial charge in [0.25, 0.3) is 0 Å². The molecule has 23 heavy (non-hydrogen) atoms. The van der Waals surface area contributed by atoms with Gasteiger partial charge in [0.05, 0.1) is 10.9 Å². The van der Waals surface area contributed by atoms with Gasteiger partial charge in [-0.15, -0.1) is 0 Å². The Morgan fingerprint density at radius 2 is 1.70 bits per heavy atom. The van der Waals surface area contributed by atoms with E-state index in [2.05, 4.69) is 10.0 Å². The fourth-order valence-electron chi connectivity index (χ4n) is 2.48. The highest BCUT2D eigenvalue weighted by Crippen LogP contribution is 2.15. The lowest BCUT2D eigenvalue weighted by molar-refractivity contribution is -0.131. The molecule has 2 rings (SSSR count). The van der Waals surface area contributed by atoms with E-state index in [9.17, 15) is 18.0 Å². The van der Waals surface area contributed by atoms with Crippen LogP contribution in [0, 0.1) is 0 Å². The number of nitrogens with zero attached hydrogens (tertiary/aromatic N) is 1. The van der Waals surface area contributed by atoms with Crippen LogP contribution in [-0.2, 0) is 19.6 Å². The van der Waals surface area contributed by atoms with Gasteiger partial charge in [0, 0.05) is 25.7 Å². The van der Waals surface area contributed by atoms with Gasteiger partial charge in [0.2, 0.25) is 21.8 Å². The van der Waals surface area contributed by atoms with Gasteiger partial charge < -0.3 is 10.2 Å². The first-order valence-electron chi connectivity index (χ1n) is 7.48. The molecule has 1 aliphatic heterocycles. The number of carbonyl (C=O) groups excluding carboxylic acids is 2. The van der Waals surface area contributed by atoms with Crippen LogP contribution in [0.5, 0.6) is 0 Å². The van der Waals surface area contributed by atoms with Crippen LogP contribution in [0.3, 0.4) is 0 Å². The maximum absolute atomic E-state index is 12.3. The Bertz CT molecular complexity index is 679. The molecule has 1 atom stereocenters. The SMILES string of the molecule is CC(=O)Nc1ccc(S(=O)(=O)N[C@@H](C)C(=O)N2CCCC2)cc1. The average Bonchev–Trinajstić information content (AvgIpc) is 3.00. The van der Waals surface area contributed by atoms with Gasteiger partial charge in [-0.05, 0) is 44.0 Å². The Labute approximate surface area is 136 Å². The molecule has 1 aromatic carbocycles. The molecule has 1 saturated heterocycles. The van der Waals surface area contributed by atoms with Gasteiger partial charge in [0.1, 0.15) is 0 Å². The van der Waals surface area contributed by atoms with E-state index in [0.717, 1.165) is 12.8 Å². The number of likely N-dealkylation sites (tertiary alicyclic amines) is 1. The largest absolute Gasteiger partial charge is 0.341 e. The molecule has 0 spiro atoms. The summed E-state index contributed by atoms with van der Waals surface area (Å²) in [5.41, 5.74) is 0.512. The summed E-state index contributed by atoms with van der Waals surface area (Å²) in [5, 5.41) is 2.56. The Hall–Kier alpha value is -1.93. The summed E-state index contributed by atoms with van der Waals surface area (Å²) in [6, 6.07) is 4.97. The van der Waals surface area contributed by atoms with Crippen molar-refractivity contribution in [2.45, 2.75) is 37.6 Å². The number of nitrogens with one attached hydrogen (secondary N) is 2. The van der Waals surface area contributed by atoms with Crippen molar-refractivity contribution in [2.24, 2.45) is 0 Å². The van der Waals surface area contributed by atoms with Crippen LogP contribution in [0.25, 0.3) is 0 Å². The maximum atomic E-state index is 12.3. The Morgan fingerprint density at radius 3 is 2.22 bits per heavy atom. The summed E-state index contributed by atoms with van der Waals surface area (Å²) >= 11 is 0. The van der Waals surface area contributed by atoms with E-state index in [-0.39, 0.29) is 16.7 Å². The third-order valence-electron chi connectivity index (χ3n) is 3.61. The van der Waals surface area contributed by atoms with E-state index >= 15 is 0 Å². The van der Waals surface area contributed by atoms with Crippen LogP contribution in [0.4, 0.5) is 5.69 Å². The van der Waals surface area contributed by atoms with Crippen molar-refractivity contribution < 1.29 is 18.0 Å². The Balaban J connectivity index is 2.05. The summed E-state index contributed by atoms with van der Waals surface area (Å²) in [4.78, 5) is 24.9. The van der Waals surface area contributed by atoms with Gasteiger partial charge in [-0.3, -0.25) is 9.59 Å². The second-order valence-electron chi connectivity index (χ2n) is 5.58. The molecule has 7 nitrogen and oxygen atoms in total. The molecule has 0 aromatic heterocycles. The highest BCUT2D eigenvalue weighted by atomic mass is 32.2. The predicted molar refractivity (Wildman–Crippen MR) is 86.3 cm³/mol. The van der Waals surface area contributed by atoms with Gasteiger partial charge in [-0.1, -0.05) is 0 Å². The predicted octanol–water partition coefficient (Wildman–Crippen LogP) is 0.934. The summed E-state index contributed by atoms with van der Waals surface area (Å²) in [6.07, 6.45) is 1.91. The van der Waals surface area contributed by atoms with Crippen LogP contribution in [0.2, 0.25) is 0 Å². The quantitative estimate of drug-likeness (QED) is 0.834. The molecule has 0 unspecified atom stereocenters. The van der Waals surface area contributed by atoms with Crippen molar-refractivity contribution in [3.63, 3.8) is 0 Å². The van der Waals surface area contributed by atoms with E-state index in [1.165, 1.54) is 31.2 Å². The molecule has 1 aromatic rings. The molecule has 0 aliphatic carbocycles. The van der Waals surface area contributed by atoms with Crippen molar-refractivity contribution in [1.29, 1.82) is 0 Å². The zero-order valence-electron chi connectivity index (χ0n) is 13.2. The zero-order chi connectivity index (χ0) is 17.0. The van der Waals surface area contributed by atoms with Crippen molar-refractivity contribution in [3.05, 3.63) is 24.3 Å². The highest BCUT2D eigenvalue weighted by Gasteiger charge is 2.27. The number of carbonyl (C=O) groups is 2. The summed E-state index contributed by atoms with van der Waals surface area (Å²) in [6.45, 7) is 4.27. The van der Waals surface area contributed by atoms with Crippen molar-refractivity contribution in [2.75, 3.05) is 18.4 Å². The second-order valence-corrected chi connectivity index (χ2v) is 7.29. The smallest absolute Gasteiger partial charge is 0.241 e. The molecular weight excluding hydrogens is 318 g/mol. The number of benzene rings is 1. The van der Waals surface area contributed by atoms with Crippen molar-refractivity contribution in [3.8, 4) is 0 Å². The number of hydrogen-bond donors (Lipinski definition) is 2. The first-order valence-corrected chi connectivity index (χ1v) is 8.97. The third kappa shape index (κ3) is 4.52. The maximum Gasteiger partial charge on any atom is 0.241 e. The summed E-state index contributed by atoms with van der Waals surface area (Å²) < 4.78 is 27.1. The molecule has 126 valence electrons. The third-order valence-corrected chi connectivity index (χ3v) is 5.16. The topological polar surface area (TPSA) is 95.6 Å². The van der Waals surface area contributed by atoms with Gasteiger partial charge in [-0.2, -0.15) is 4.72 Å². The molecular formula is C15H21N3O4S. The van der Waals surface area contributed by atoms with Crippen molar-refractivity contribution in [1.82, 2.24) is 9.62 Å². The molecule has 1 aliphatic rings. The number of amides is 2. The monoisotopic (exact) mass is 339 g/mol. The Kier molecular flexibility index (Phi) is 5.38. The normalized spacial score (nSPS) is 16.2. The molecule has 0 bridgehead atoms. The van der Waals surface area contributed by atoms with Gasteiger partial charge in [0.15, 0.2) is 0 Å².